The lowest BCUT2D eigenvalue weighted by Crippen LogP contribution is -2.51. The topological polar surface area (TPSA) is 105 Å². The predicted molar refractivity (Wildman–Crippen MR) is 150 cm³/mol. The van der Waals surface area contributed by atoms with Gasteiger partial charge in [0.2, 0.25) is 5.91 Å². The molecule has 3 aromatic rings. The summed E-state index contributed by atoms with van der Waals surface area (Å²) in [5.41, 5.74) is 5.53. The number of piperidine rings is 1. The highest BCUT2D eigenvalue weighted by Crippen LogP contribution is 2.44. The summed E-state index contributed by atoms with van der Waals surface area (Å²) in [5.74, 6) is -1.43. The van der Waals surface area contributed by atoms with Crippen LogP contribution in [-0.2, 0) is 25.7 Å². The van der Waals surface area contributed by atoms with Crippen LogP contribution in [0, 0.1) is 0 Å². The zero-order valence-corrected chi connectivity index (χ0v) is 22.3. The number of carboxylic acid groups (broad SMARTS) is 1. The fourth-order valence-electron chi connectivity index (χ4n) is 5.56. The van der Waals surface area contributed by atoms with Crippen molar-refractivity contribution in [3.8, 4) is 11.1 Å². The molecule has 2 amide bonds. The third-order valence-corrected chi connectivity index (χ3v) is 7.66. The maximum absolute atomic E-state index is 13.3. The number of carbonyl (C=O) groups is 3. The maximum atomic E-state index is 13.3. The van der Waals surface area contributed by atoms with Crippen molar-refractivity contribution in [2.75, 3.05) is 19.7 Å². The Morgan fingerprint density at radius 1 is 0.875 bits per heavy atom. The molecule has 2 aliphatic rings. The van der Waals surface area contributed by atoms with Gasteiger partial charge in [-0.2, -0.15) is 0 Å². The standard InChI is InChI=1S/C32H34N2O6/c35-30(36)15-14-29(31(37)34-18-16-23(17-19-34)39-20-22-8-2-1-3-9-22)33-32(38)40-21-28-26-12-6-4-10-24(26)25-11-5-7-13-27(25)28/h1-13,23,28-29H,14-21H2,(H,33,38)(H,35,36). The molecule has 8 nitrogen and oxygen atoms in total. The highest BCUT2D eigenvalue weighted by atomic mass is 16.5. The molecular formula is C32H34N2O6. The quantitative estimate of drug-likeness (QED) is 0.375. The van der Waals surface area contributed by atoms with Crippen molar-refractivity contribution in [2.24, 2.45) is 0 Å². The van der Waals surface area contributed by atoms with E-state index < -0.39 is 18.1 Å². The van der Waals surface area contributed by atoms with Crippen molar-refractivity contribution in [1.29, 1.82) is 0 Å². The van der Waals surface area contributed by atoms with Crippen LogP contribution in [0.3, 0.4) is 0 Å². The minimum atomic E-state index is -1.03. The summed E-state index contributed by atoms with van der Waals surface area (Å²) in [5, 5.41) is 11.9. The SMILES string of the molecule is O=C(O)CCC(NC(=O)OCC1c2ccccc2-c2ccccc21)C(=O)N1CCC(OCc2ccccc2)CC1. The number of alkyl carbamates (subject to hydrolysis) is 1. The van der Waals surface area contributed by atoms with Gasteiger partial charge in [-0.1, -0.05) is 78.9 Å². The number of carbonyl (C=O) groups excluding carboxylic acids is 2. The molecule has 0 saturated carbocycles. The van der Waals surface area contributed by atoms with E-state index in [-0.39, 0.29) is 37.4 Å². The molecule has 0 radical (unpaired) electrons. The minimum absolute atomic E-state index is 0.0111. The number of rotatable bonds is 10. The first-order valence-corrected chi connectivity index (χ1v) is 13.8. The number of ether oxygens (including phenoxy) is 2. The summed E-state index contributed by atoms with van der Waals surface area (Å²) in [6.07, 6.45) is 0.410. The van der Waals surface area contributed by atoms with Crippen LogP contribution in [0.1, 0.15) is 48.3 Å². The molecule has 40 heavy (non-hydrogen) atoms. The van der Waals surface area contributed by atoms with E-state index in [1.54, 1.807) is 4.90 Å². The highest BCUT2D eigenvalue weighted by molar-refractivity contribution is 5.86. The third-order valence-electron chi connectivity index (χ3n) is 7.66. The number of amides is 2. The zero-order valence-electron chi connectivity index (χ0n) is 22.3. The molecular weight excluding hydrogens is 508 g/mol. The second kappa shape index (κ2) is 12.8. The summed E-state index contributed by atoms with van der Waals surface area (Å²) < 4.78 is 11.6. The number of aliphatic carboxylic acids is 1. The van der Waals surface area contributed by atoms with E-state index in [0.29, 0.717) is 32.5 Å². The Hall–Kier alpha value is -4.17. The van der Waals surface area contributed by atoms with Crippen LogP contribution in [0.4, 0.5) is 4.79 Å². The predicted octanol–water partition coefficient (Wildman–Crippen LogP) is 4.97. The van der Waals surface area contributed by atoms with E-state index in [1.807, 2.05) is 66.7 Å². The highest BCUT2D eigenvalue weighted by Gasteiger charge is 2.32. The van der Waals surface area contributed by atoms with Gasteiger partial charge in [0.25, 0.3) is 0 Å². The number of benzene rings is 3. The summed E-state index contributed by atoms with van der Waals surface area (Å²) in [7, 11) is 0. The van der Waals surface area contributed by atoms with Crippen molar-refractivity contribution in [3.63, 3.8) is 0 Å². The molecule has 1 aliphatic carbocycles. The van der Waals surface area contributed by atoms with Crippen LogP contribution in [0.5, 0.6) is 0 Å². The molecule has 1 fully saturated rings. The van der Waals surface area contributed by atoms with E-state index in [1.165, 1.54) is 0 Å². The molecule has 5 rings (SSSR count). The largest absolute Gasteiger partial charge is 0.481 e. The molecule has 0 bridgehead atoms. The first-order valence-electron chi connectivity index (χ1n) is 13.8. The molecule has 1 heterocycles. The lowest BCUT2D eigenvalue weighted by Gasteiger charge is -2.34. The molecule has 0 aromatic heterocycles. The Morgan fingerprint density at radius 3 is 2.10 bits per heavy atom. The van der Waals surface area contributed by atoms with Crippen molar-refractivity contribution >= 4 is 18.0 Å². The first-order chi connectivity index (χ1) is 19.5. The van der Waals surface area contributed by atoms with Gasteiger partial charge in [0.15, 0.2) is 0 Å². The number of fused-ring (bicyclic) bond motifs is 3. The maximum Gasteiger partial charge on any atom is 0.407 e. The molecule has 8 heteroatoms. The fraction of sp³-hybridized carbons (Fsp3) is 0.344. The second-order valence-electron chi connectivity index (χ2n) is 10.3. The van der Waals surface area contributed by atoms with Crippen molar-refractivity contribution in [3.05, 3.63) is 95.6 Å². The number of hydrogen-bond donors (Lipinski definition) is 2. The number of likely N-dealkylation sites (tertiary alicyclic amines) is 1. The van der Waals surface area contributed by atoms with E-state index in [9.17, 15) is 19.5 Å². The summed E-state index contributed by atoms with van der Waals surface area (Å²) >= 11 is 0. The van der Waals surface area contributed by atoms with Crippen LogP contribution >= 0.6 is 0 Å². The van der Waals surface area contributed by atoms with Gasteiger partial charge in [-0.15, -0.1) is 0 Å². The normalized spacial score (nSPS) is 15.7. The lowest BCUT2D eigenvalue weighted by molar-refractivity contribution is -0.138. The molecule has 2 N–H and O–H groups in total. The molecule has 1 atom stereocenters. The van der Waals surface area contributed by atoms with Crippen LogP contribution in [0.25, 0.3) is 11.1 Å². The van der Waals surface area contributed by atoms with E-state index in [4.69, 9.17) is 9.47 Å². The average Bonchev–Trinajstić information content (AvgIpc) is 3.31. The van der Waals surface area contributed by atoms with Crippen molar-refractivity contribution in [2.45, 2.75) is 50.4 Å². The van der Waals surface area contributed by atoms with Gasteiger partial charge in [-0.3, -0.25) is 9.59 Å². The molecule has 0 spiro atoms. The number of carboxylic acids is 1. The molecule has 1 aliphatic heterocycles. The molecule has 3 aromatic carbocycles. The number of hydrogen-bond acceptors (Lipinski definition) is 5. The van der Waals surface area contributed by atoms with E-state index >= 15 is 0 Å². The monoisotopic (exact) mass is 542 g/mol. The number of nitrogens with one attached hydrogen (secondary N) is 1. The Labute approximate surface area is 233 Å². The van der Waals surface area contributed by atoms with Crippen LogP contribution < -0.4 is 5.32 Å². The van der Waals surface area contributed by atoms with Crippen LogP contribution in [0.15, 0.2) is 78.9 Å². The molecule has 1 unspecified atom stereocenters. The summed E-state index contributed by atoms with van der Waals surface area (Å²) in [6, 6.07) is 25.1. The van der Waals surface area contributed by atoms with E-state index in [0.717, 1.165) is 27.8 Å². The Bertz CT molecular complexity index is 1290. The van der Waals surface area contributed by atoms with Gasteiger partial charge < -0.3 is 24.8 Å². The van der Waals surface area contributed by atoms with Gasteiger partial charge in [-0.25, -0.2) is 4.79 Å². The van der Waals surface area contributed by atoms with Crippen molar-refractivity contribution in [1.82, 2.24) is 10.2 Å². The Kier molecular flexibility index (Phi) is 8.76. The minimum Gasteiger partial charge on any atom is -0.481 e. The summed E-state index contributed by atoms with van der Waals surface area (Å²) in [6.45, 7) is 1.59. The van der Waals surface area contributed by atoms with Crippen LogP contribution in [0.2, 0.25) is 0 Å². The number of nitrogens with zero attached hydrogens (tertiary/aromatic N) is 1. The second-order valence-corrected chi connectivity index (χ2v) is 10.3. The molecule has 208 valence electrons. The van der Waals surface area contributed by atoms with E-state index in [2.05, 4.69) is 17.4 Å². The van der Waals surface area contributed by atoms with Gasteiger partial charge in [0.1, 0.15) is 12.6 Å². The fourth-order valence-corrected chi connectivity index (χ4v) is 5.56. The van der Waals surface area contributed by atoms with Crippen LogP contribution in [-0.4, -0.2) is 59.8 Å². The third kappa shape index (κ3) is 6.51. The summed E-state index contributed by atoms with van der Waals surface area (Å²) in [4.78, 5) is 39.2. The van der Waals surface area contributed by atoms with Crippen molar-refractivity contribution < 1.29 is 29.0 Å². The first kappa shape index (κ1) is 27.4. The van der Waals surface area contributed by atoms with Gasteiger partial charge in [0.05, 0.1) is 12.7 Å². The molecule has 1 saturated heterocycles. The Morgan fingerprint density at radius 2 is 1.48 bits per heavy atom. The van der Waals surface area contributed by atoms with Gasteiger partial charge >= 0.3 is 12.1 Å². The zero-order chi connectivity index (χ0) is 27.9. The smallest absolute Gasteiger partial charge is 0.407 e. The lowest BCUT2D eigenvalue weighted by atomic mass is 9.98. The Balaban J connectivity index is 1.16. The van der Waals surface area contributed by atoms with Gasteiger partial charge in [-0.05, 0) is 47.1 Å². The van der Waals surface area contributed by atoms with Gasteiger partial charge in [0, 0.05) is 25.4 Å². The average molecular weight is 543 g/mol.